The molecule has 2 rings (SSSR count). The molecular weight excluding hydrogens is 339 g/mol. The molecule has 0 bridgehead atoms. The predicted molar refractivity (Wildman–Crippen MR) is 99.4 cm³/mol. The first kappa shape index (κ1) is 19.4. The van der Waals surface area contributed by atoms with Crippen LogP contribution in [0, 0.1) is 0 Å². The molecule has 0 aliphatic heterocycles. The zero-order valence-electron chi connectivity index (χ0n) is 14.7. The number of carbonyl (C=O) groups excluding carboxylic acids is 1. The van der Waals surface area contributed by atoms with Crippen LogP contribution < -0.4 is 0 Å². The number of hydrogen-bond donors (Lipinski definition) is 0. The van der Waals surface area contributed by atoms with Gasteiger partial charge >= 0.3 is 13.6 Å². The second-order valence-electron chi connectivity index (χ2n) is 5.15. The van der Waals surface area contributed by atoms with Crippen molar-refractivity contribution in [3.05, 3.63) is 53.3 Å². The van der Waals surface area contributed by atoms with E-state index in [4.69, 9.17) is 13.8 Å². The quantitative estimate of drug-likeness (QED) is 0.375. The van der Waals surface area contributed by atoms with Crippen LogP contribution in [-0.2, 0) is 23.1 Å². The lowest BCUT2D eigenvalue weighted by molar-refractivity contribution is -0.137. The van der Waals surface area contributed by atoms with E-state index in [1.54, 1.807) is 26.8 Å². The minimum Gasteiger partial charge on any atom is -0.462 e. The molecule has 0 heterocycles. The van der Waals surface area contributed by atoms with E-state index in [2.05, 4.69) is 0 Å². The van der Waals surface area contributed by atoms with Gasteiger partial charge in [0.05, 0.1) is 19.8 Å². The van der Waals surface area contributed by atoms with Crippen molar-refractivity contribution in [3.8, 4) is 0 Å². The standard InChI is InChI=1S/C19H23O5P/c1-4-22-19(20)18(25(21,23-5-2)24-6-3)14-16-12-9-11-15-10-7-8-13-17(15)16/h7-14H,4-6H2,1-3H3. The molecule has 2 aromatic carbocycles. The van der Waals surface area contributed by atoms with Gasteiger partial charge in [-0.05, 0) is 43.2 Å². The molecule has 0 aliphatic carbocycles. The summed E-state index contributed by atoms with van der Waals surface area (Å²) in [6.07, 6.45) is 1.55. The molecule has 0 amide bonds. The molecule has 0 aromatic heterocycles. The Kier molecular flexibility index (Phi) is 6.94. The van der Waals surface area contributed by atoms with E-state index < -0.39 is 13.6 Å². The fraction of sp³-hybridized carbons (Fsp3) is 0.316. The fourth-order valence-electron chi connectivity index (χ4n) is 2.49. The minimum absolute atomic E-state index is 0.0885. The van der Waals surface area contributed by atoms with Crippen LogP contribution in [0.2, 0.25) is 0 Å². The Morgan fingerprint density at radius 1 is 0.960 bits per heavy atom. The topological polar surface area (TPSA) is 61.8 Å². The summed E-state index contributed by atoms with van der Waals surface area (Å²) in [5.74, 6) is -0.694. The van der Waals surface area contributed by atoms with Gasteiger partial charge in [-0.25, -0.2) is 4.79 Å². The maximum absolute atomic E-state index is 13.2. The lowest BCUT2D eigenvalue weighted by Crippen LogP contribution is -2.11. The predicted octanol–water partition coefficient (Wildman–Crippen LogP) is 5.01. The monoisotopic (exact) mass is 362 g/mol. The molecule has 0 saturated heterocycles. The number of fused-ring (bicyclic) bond motifs is 1. The van der Waals surface area contributed by atoms with Crippen LogP contribution in [0.5, 0.6) is 0 Å². The van der Waals surface area contributed by atoms with Crippen molar-refractivity contribution in [1.82, 2.24) is 0 Å². The number of esters is 1. The van der Waals surface area contributed by atoms with Gasteiger partial charge in [-0.3, -0.25) is 4.57 Å². The molecule has 25 heavy (non-hydrogen) atoms. The zero-order valence-corrected chi connectivity index (χ0v) is 15.6. The number of hydrogen-bond acceptors (Lipinski definition) is 5. The van der Waals surface area contributed by atoms with Crippen molar-refractivity contribution in [1.29, 1.82) is 0 Å². The largest absolute Gasteiger partial charge is 0.462 e. The minimum atomic E-state index is -3.77. The van der Waals surface area contributed by atoms with Crippen molar-refractivity contribution in [3.63, 3.8) is 0 Å². The Morgan fingerprint density at radius 3 is 2.24 bits per heavy atom. The molecule has 0 atom stereocenters. The first-order valence-corrected chi connectivity index (χ1v) is 9.86. The highest BCUT2D eigenvalue weighted by Crippen LogP contribution is 2.57. The molecule has 6 heteroatoms. The summed E-state index contributed by atoms with van der Waals surface area (Å²) < 4.78 is 28.9. The Balaban J connectivity index is 2.63. The van der Waals surface area contributed by atoms with Crippen LogP contribution in [0.1, 0.15) is 26.3 Å². The molecule has 0 aliphatic rings. The van der Waals surface area contributed by atoms with Gasteiger partial charge in [0, 0.05) is 0 Å². The van der Waals surface area contributed by atoms with Crippen molar-refractivity contribution < 1.29 is 23.1 Å². The van der Waals surface area contributed by atoms with E-state index in [-0.39, 0.29) is 25.1 Å². The second-order valence-corrected chi connectivity index (χ2v) is 7.14. The van der Waals surface area contributed by atoms with Crippen LogP contribution in [0.25, 0.3) is 16.8 Å². The summed E-state index contributed by atoms with van der Waals surface area (Å²) in [4.78, 5) is 12.5. The Bertz CT molecular complexity index is 797. The Labute approximate surface area is 148 Å². The van der Waals surface area contributed by atoms with Gasteiger partial charge in [-0.15, -0.1) is 0 Å². The van der Waals surface area contributed by atoms with Crippen LogP contribution in [0.3, 0.4) is 0 Å². The van der Waals surface area contributed by atoms with E-state index in [9.17, 15) is 9.36 Å². The van der Waals surface area contributed by atoms with Gasteiger partial charge in [0.2, 0.25) is 0 Å². The molecule has 134 valence electrons. The van der Waals surface area contributed by atoms with Gasteiger partial charge in [-0.2, -0.15) is 0 Å². The molecule has 2 aromatic rings. The maximum Gasteiger partial charge on any atom is 0.368 e. The fourth-order valence-corrected chi connectivity index (χ4v) is 4.11. The van der Waals surface area contributed by atoms with Crippen LogP contribution in [0.15, 0.2) is 47.8 Å². The third-order valence-corrected chi connectivity index (χ3v) is 5.59. The average Bonchev–Trinajstić information content (AvgIpc) is 2.60. The van der Waals surface area contributed by atoms with Gasteiger partial charge in [0.1, 0.15) is 5.31 Å². The summed E-state index contributed by atoms with van der Waals surface area (Å²) in [5, 5.41) is 1.86. The first-order valence-electron chi connectivity index (χ1n) is 8.32. The van der Waals surface area contributed by atoms with E-state index in [0.717, 1.165) is 16.3 Å². The lowest BCUT2D eigenvalue weighted by Gasteiger charge is -2.19. The molecule has 0 unspecified atom stereocenters. The van der Waals surface area contributed by atoms with Crippen molar-refractivity contribution >= 4 is 30.4 Å². The molecular formula is C19H23O5P. The molecule has 0 N–H and O–H groups in total. The smallest absolute Gasteiger partial charge is 0.368 e. The number of rotatable bonds is 8. The highest BCUT2D eigenvalue weighted by molar-refractivity contribution is 7.60. The second kappa shape index (κ2) is 8.95. The molecule has 0 spiro atoms. The Hall–Kier alpha value is -1.94. The normalized spacial score (nSPS) is 12.4. The summed E-state index contributed by atoms with van der Waals surface area (Å²) >= 11 is 0. The molecule has 0 radical (unpaired) electrons. The summed E-state index contributed by atoms with van der Waals surface area (Å²) in [5.41, 5.74) is 0.751. The lowest BCUT2D eigenvalue weighted by atomic mass is 10.0. The third kappa shape index (κ3) is 4.57. The van der Waals surface area contributed by atoms with E-state index in [0.29, 0.717) is 0 Å². The van der Waals surface area contributed by atoms with Gasteiger partial charge in [-0.1, -0.05) is 42.5 Å². The Morgan fingerprint density at radius 2 is 1.60 bits per heavy atom. The third-order valence-electron chi connectivity index (χ3n) is 3.49. The van der Waals surface area contributed by atoms with E-state index in [1.165, 1.54) is 0 Å². The number of benzene rings is 2. The highest BCUT2D eigenvalue weighted by atomic mass is 31.2. The van der Waals surface area contributed by atoms with Crippen molar-refractivity contribution in [2.24, 2.45) is 0 Å². The van der Waals surface area contributed by atoms with E-state index >= 15 is 0 Å². The number of ether oxygens (including phenoxy) is 1. The highest BCUT2D eigenvalue weighted by Gasteiger charge is 2.36. The summed E-state index contributed by atoms with van der Waals surface area (Å²) in [7, 11) is -3.77. The van der Waals surface area contributed by atoms with Crippen molar-refractivity contribution in [2.75, 3.05) is 19.8 Å². The zero-order chi connectivity index (χ0) is 18.3. The SMILES string of the molecule is CCOC(=O)C(=Cc1cccc2ccccc12)P(=O)(OCC)OCC. The summed E-state index contributed by atoms with van der Waals surface area (Å²) in [6.45, 7) is 5.58. The van der Waals surface area contributed by atoms with Crippen LogP contribution in [-0.4, -0.2) is 25.8 Å². The van der Waals surface area contributed by atoms with Gasteiger partial charge < -0.3 is 13.8 Å². The van der Waals surface area contributed by atoms with Crippen molar-refractivity contribution in [2.45, 2.75) is 20.8 Å². The average molecular weight is 362 g/mol. The van der Waals surface area contributed by atoms with E-state index in [1.807, 2.05) is 42.5 Å². The number of carbonyl (C=O) groups is 1. The molecule has 5 nitrogen and oxygen atoms in total. The summed E-state index contributed by atoms with van der Waals surface area (Å²) in [6, 6.07) is 13.5. The molecule has 0 saturated carbocycles. The first-order chi connectivity index (χ1) is 12.1. The van der Waals surface area contributed by atoms with Gasteiger partial charge in [0.15, 0.2) is 0 Å². The maximum atomic E-state index is 13.2. The van der Waals surface area contributed by atoms with Gasteiger partial charge in [0.25, 0.3) is 0 Å². The van der Waals surface area contributed by atoms with Crippen LogP contribution in [0.4, 0.5) is 0 Å². The molecule has 0 fully saturated rings. The van der Waals surface area contributed by atoms with Crippen LogP contribution >= 0.6 is 7.60 Å².